The molecule has 0 saturated heterocycles. The standard InChI is InChI=1S/C19H21N7O/c1-15(16-6-8-17(9-7-16)26-14-20-13-21-26)23(2)11-12-25-19(27)24-10-4-3-5-18(24)22-25/h3-10,13-15H,11-12H2,1-2H3/t15-/m0/s1. The first-order valence-electron chi connectivity index (χ1n) is 8.83. The largest absolute Gasteiger partial charge is 0.350 e. The summed E-state index contributed by atoms with van der Waals surface area (Å²) in [5, 5.41) is 8.52. The van der Waals surface area contributed by atoms with Gasteiger partial charge in [-0.25, -0.2) is 19.1 Å². The molecule has 3 heterocycles. The van der Waals surface area contributed by atoms with Crippen LogP contribution in [-0.2, 0) is 6.54 Å². The summed E-state index contributed by atoms with van der Waals surface area (Å²) >= 11 is 0. The molecule has 0 unspecified atom stereocenters. The maximum atomic E-state index is 12.4. The van der Waals surface area contributed by atoms with Crippen LogP contribution in [0.25, 0.3) is 11.3 Å². The molecule has 0 aliphatic carbocycles. The quantitative estimate of drug-likeness (QED) is 0.522. The number of likely N-dealkylation sites (N-methyl/N-ethyl adjacent to an activating group) is 1. The second-order valence-electron chi connectivity index (χ2n) is 6.52. The second kappa shape index (κ2) is 7.16. The lowest BCUT2D eigenvalue weighted by molar-refractivity contribution is 0.246. The molecule has 0 amide bonds. The first-order chi connectivity index (χ1) is 13.1. The van der Waals surface area contributed by atoms with Gasteiger partial charge in [0.15, 0.2) is 5.65 Å². The molecule has 27 heavy (non-hydrogen) atoms. The summed E-state index contributed by atoms with van der Waals surface area (Å²) in [5.74, 6) is 0. The number of aromatic nitrogens is 6. The highest BCUT2D eigenvalue weighted by molar-refractivity contribution is 5.35. The van der Waals surface area contributed by atoms with Crippen molar-refractivity contribution in [2.24, 2.45) is 0 Å². The monoisotopic (exact) mass is 363 g/mol. The molecule has 0 aliphatic rings. The summed E-state index contributed by atoms with van der Waals surface area (Å²) in [7, 11) is 2.05. The first kappa shape index (κ1) is 17.2. The van der Waals surface area contributed by atoms with Crippen LogP contribution in [0.1, 0.15) is 18.5 Å². The summed E-state index contributed by atoms with van der Waals surface area (Å²) in [4.78, 5) is 18.5. The zero-order valence-electron chi connectivity index (χ0n) is 15.3. The maximum Gasteiger partial charge on any atom is 0.350 e. The van der Waals surface area contributed by atoms with Crippen molar-refractivity contribution in [3.63, 3.8) is 0 Å². The van der Waals surface area contributed by atoms with Crippen molar-refractivity contribution in [2.45, 2.75) is 19.5 Å². The van der Waals surface area contributed by atoms with E-state index in [0.717, 1.165) is 12.2 Å². The highest BCUT2D eigenvalue weighted by atomic mass is 16.2. The SMILES string of the molecule is C[C@@H](c1ccc(-n2cncn2)cc1)N(C)CCn1nc2ccccn2c1=O. The van der Waals surface area contributed by atoms with Gasteiger partial charge >= 0.3 is 5.69 Å². The minimum atomic E-state index is -0.108. The van der Waals surface area contributed by atoms with Gasteiger partial charge in [0, 0.05) is 18.8 Å². The highest BCUT2D eigenvalue weighted by Crippen LogP contribution is 2.20. The summed E-state index contributed by atoms with van der Waals surface area (Å²) in [6.45, 7) is 3.41. The molecule has 0 radical (unpaired) electrons. The number of pyridine rings is 1. The molecule has 0 bridgehead atoms. The van der Waals surface area contributed by atoms with E-state index in [1.807, 2.05) is 30.3 Å². The molecular weight excluding hydrogens is 342 g/mol. The Morgan fingerprint density at radius 2 is 1.96 bits per heavy atom. The van der Waals surface area contributed by atoms with Crippen LogP contribution in [0.2, 0.25) is 0 Å². The van der Waals surface area contributed by atoms with Gasteiger partial charge in [0.05, 0.1) is 12.2 Å². The van der Waals surface area contributed by atoms with Gasteiger partial charge in [-0.1, -0.05) is 18.2 Å². The Balaban J connectivity index is 1.43. The molecule has 4 aromatic rings. The van der Waals surface area contributed by atoms with E-state index >= 15 is 0 Å². The molecule has 3 aromatic heterocycles. The third kappa shape index (κ3) is 3.39. The Kier molecular flexibility index (Phi) is 4.55. The van der Waals surface area contributed by atoms with Gasteiger partial charge in [-0.15, -0.1) is 5.10 Å². The third-order valence-electron chi connectivity index (χ3n) is 4.87. The molecule has 8 heteroatoms. The van der Waals surface area contributed by atoms with Gasteiger partial charge in [-0.3, -0.25) is 9.30 Å². The molecule has 0 saturated carbocycles. The molecule has 8 nitrogen and oxygen atoms in total. The summed E-state index contributed by atoms with van der Waals surface area (Å²) in [6, 6.07) is 14.0. The molecular formula is C19H21N7O. The number of nitrogens with zero attached hydrogens (tertiary/aromatic N) is 7. The van der Waals surface area contributed by atoms with E-state index in [1.54, 1.807) is 21.6 Å². The smallest absolute Gasteiger partial charge is 0.298 e. The minimum absolute atomic E-state index is 0.108. The molecule has 0 fully saturated rings. The van der Waals surface area contributed by atoms with Crippen LogP contribution in [0.15, 0.2) is 66.1 Å². The van der Waals surface area contributed by atoms with E-state index in [-0.39, 0.29) is 11.7 Å². The summed E-state index contributed by atoms with van der Waals surface area (Å²) in [6.07, 6.45) is 4.94. The predicted molar refractivity (Wildman–Crippen MR) is 102 cm³/mol. The fourth-order valence-electron chi connectivity index (χ4n) is 3.06. The number of fused-ring (bicyclic) bond motifs is 1. The van der Waals surface area contributed by atoms with Crippen molar-refractivity contribution in [1.29, 1.82) is 0 Å². The van der Waals surface area contributed by atoms with Gasteiger partial charge in [-0.2, -0.15) is 5.10 Å². The van der Waals surface area contributed by atoms with Crippen LogP contribution in [0.4, 0.5) is 0 Å². The maximum absolute atomic E-state index is 12.4. The fourth-order valence-corrected chi connectivity index (χ4v) is 3.06. The predicted octanol–water partition coefficient (Wildman–Crippen LogP) is 1.77. The van der Waals surface area contributed by atoms with Crippen LogP contribution >= 0.6 is 0 Å². The van der Waals surface area contributed by atoms with Crippen molar-refractivity contribution in [2.75, 3.05) is 13.6 Å². The van der Waals surface area contributed by atoms with E-state index in [0.29, 0.717) is 12.2 Å². The van der Waals surface area contributed by atoms with E-state index < -0.39 is 0 Å². The van der Waals surface area contributed by atoms with Gasteiger partial charge in [0.25, 0.3) is 0 Å². The second-order valence-corrected chi connectivity index (χ2v) is 6.52. The topological polar surface area (TPSA) is 73.2 Å². The minimum Gasteiger partial charge on any atom is -0.298 e. The van der Waals surface area contributed by atoms with Crippen molar-refractivity contribution in [1.82, 2.24) is 33.8 Å². The molecule has 0 spiro atoms. The van der Waals surface area contributed by atoms with Gasteiger partial charge < -0.3 is 0 Å². The Morgan fingerprint density at radius 1 is 1.15 bits per heavy atom. The molecule has 4 rings (SSSR count). The lowest BCUT2D eigenvalue weighted by Gasteiger charge is -2.25. The third-order valence-corrected chi connectivity index (χ3v) is 4.87. The summed E-state index contributed by atoms with van der Waals surface area (Å²) in [5.41, 5.74) is 2.73. The summed E-state index contributed by atoms with van der Waals surface area (Å²) < 4.78 is 4.81. The molecule has 1 atom stereocenters. The number of benzene rings is 1. The average molecular weight is 363 g/mol. The van der Waals surface area contributed by atoms with E-state index in [9.17, 15) is 4.79 Å². The molecule has 0 aliphatic heterocycles. The van der Waals surface area contributed by atoms with E-state index in [4.69, 9.17) is 0 Å². The molecule has 1 aromatic carbocycles. The van der Waals surface area contributed by atoms with Crippen molar-refractivity contribution in [3.05, 3.63) is 77.4 Å². The normalized spacial score (nSPS) is 12.7. The number of hydrogen-bond donors (Lipinski definition) is 0. The molecule has 138 valence electrons. The van der Waals surface area contributed by atoms with Gasteiger partial charge in [0.1, 0.15) is 12.7 Å². The van der Waals surface area contributed by atoms with E-state index in [1.165, 1.54) is 16.6 Å². The Bertz CT molecular complexity index is 1080. The number of rotatable bonds is 6. The Labute approximate surface area is 156 Å². The van der Waals surface area contributed by atoms with Gasteiger partial charge in [-0.05, 0) is 43.8 Å². The zero-order valence-corrected chi connectivity index (χ0v) is 15.3. The zero-order chi connectivity index (χ0) is 18.8. The van der Waals surface area contributed by atoms with Crippen molar-refractivity contribution >= 4 is 5.65 Å². The van der Waals surface area contributed by atoms with Crippen molar-refractivity contribution in [3.8, 4) is 5.69 Å². The van der Waals surface area contributed by atoms with Crippen LogP contribution < -0.4 is 5.69 Å². The molecule has 0 N–H and O–H groups in total. The van der Waals surface area contributed by atoms with Gasteiger partial charge in [0.2, 0.25) is 0 Å². The van der Waals surface area contributed by atoms with Crippen LogP contribution in [0.3, 0.4) is 0 Å². The van der Waals surface area contributed by atoms with Crippen molar-refractivity contribution < 1.29 is 0 Å². The van der Waals surface area contributed by atoms with Crippen LogP contribution in [0, 0.1) is 0 Å². The Hall–Kier alpha value is -3.26. The lowest BCUT2D eigenvalue weighted by Crippen LogP contribution is -2.30. The fraction of sp³-hybridized carbons (Fsp3) is 0.263. The van der Waals surface area contributed by atoms with Crippen LogP contribution in [-0.4, -0.2) is 47.4 Å². The number of hydrogen-bond acceptors (Lipinski definition) is 5. The highest BCUT2D eigenvalue weighted by Gasteiger charge is 2.13. The van der Waals surface area contributed by atoms with Crippen LogP contribution in [0.5, 0.6) is 0 Å². The first-order valence-corrected chi connectivity index (χ1v) is 8.83. The average Bonchev–Trinajstić information content (AvgIpc) is 3.35. The lowest BCUT2D eigenvalue weighted by atomic mass is 10.1. The van der Waals surface area contributed by atoms with E-state index in [2.05, 4.69) is 46.2 Å². The Morgan fingerprint density at radius 3 is 2.67 bits per heavy atom.